The van der Waals surface area contributed by atoms with Crippen molar-refractivity contribution in [3.8, 4) is 0 Å². The van der Waals surface area contributed by atoms with Crippen molar-refractivity contribution in [2.24, 2.45) is 0 Å². The summed E-state index contributed by atoms with van der Waals surface area (Å²) in [6, 6.07) is 32.9. The van der Waals surface area contributed by atoms with Gasteiger partial charge in [0.1, 0.15) is 0 Å². The molecule has 4 heteroatoms. The summed E-state index contributed by atoms with van der Waals surface area (Å²) in [7, 11) is 0. The van der Waals surface area contributed by atoms with Crippen molar-refractivity contribution in [2.45, 2.75) is 31.6 Å². The van der Waals surface area contributed by atoms with E-state index >= 15 is 0 Å². The maximum atomic E-state index is 3.58. The van der Waals surface area contributed by atoms with Crippen LogP contribution in [0.25, 0.3) is 0 Å². The molecule has 1 aliphatic carbocycles. The molecule has 0 radical (unpaired) electrons. The molecule has 0 saturated carbocycles. The van der Waals surface area contributed by atoms with E-state index in [9.17, 15) is 0 Å². The summed E-state index contributed by atoms with van der Waals surface area (Å²) in [6.45, 7) is 2.25. The predicted molar refractivity (Wildman–Crippen MR) is 114 cm³/mol. The molecule has 4 rings (SSSR count). The average molecular weight is 504 g/mol. The molecule has 158 valence electrons. The standard InChI is InChI=1S/C27H25.3ClH.Ti/c1-2-13-22-14-12-21-26(22)27(23-15-6-3-7-16-23,24-17-8-4-9-18-24)25-19-10-5-11-20-25;;;;/h3-12,15-20H,2,13,21H2,1H3;3*1H;/q-1;;;;+4/p-3. The quantitative estimate of drug-likeness (QED) is 0.205. The molecule has 0 atom stereocenters. The fraction of sp³-hybridized carbons (Fsp3) is 0.185. The van der Waals surface area contributed by atoms with E-state index in [0.29, 0.717) is 0 Å². The van der Waals surface area contributed by atoms with Crippen molar-refractivity contribution in [2.75, 3.05) is 0 Å². The Morgan fingerprint density at radius 3 is 1.42 bits per heavy atom. The summed E-state index contributed by atoms with van der Waals surface area (Å²) in [5, 5.41) is 0. The summed E-state index contributed by atoms with van der Waals surface area (Å²) in [6.07, 6.45) is 8.94. The van der Waals surface area contributed by atoms with E-state index in [1.807, 2.05) is 0 Å². The monoisotopic (exact) mass is 502 g/mol. The summed E-state index contributed by atoms with van der Waals surface area (Å²) < 4.78 is 0. The molecule has 1 aliphatic rings. The molecule has 0 unspecified atom stereocenters. The summed E-state index contributed by atoms with van der Waals surface area (Å²) in [4.78, 5) is 0. The molecule has 0 spiro atoms. The van der Waals surface area contributed by atoms with Gasteiger partial charge in [0.25, 0.3) is 0 Å². The van der Waals surface area contributed by atoms with E-state index in [1.165, 1.54) is 27.8 Å². The zero-order chi connectivity index (χ0) is 18.5. The molecule has 0 fully saturated rings. The van der Waals surface area contributed by atoms with Crippen molar-refractivity contribution >= 4 is 0 Å². The summed E-state index contributed by atoms with van der Waals surface area (Å²) in [5.41, 5.74) is 6.52. The zero-order valence-corrected chi connectivity index (χ0v) is 21.3. The minimum atomic E-state index is -0.283. The van der Waals surface area contributed by atoms with Gasteiger partial charge in [-0.3, -0.25) is 6.08 Å². The number of benzene rings is 3. The fourth-order valence-electron chi connectivity index (χ4n) is 4.43. The van der Waals surface area contributed by atoms with Crippen LogP contribution in [0, 0.1) is 6.08 Å². The Morgan fingerprint density at radius 2 is 1.06 bits per heavy atom. The third-order valence-electron chi connectivity index (χ3n) is 5.52. The van der Waals surface area contributed by atoms with E-state index in [0.717, 1.165) is 19.3 Å². The maximum absolute atomic E-state index is 3.58. The van der Waals surface area contributed by atoms with E-state index < -0.39 is 0 Å². The van der Waals surface area contributed by atoms with Crippen molar-refractivity contribution in [3.63, 3.8) is 0 Å². The minimum absolute atomic E-state index is 0. The van der Waals surface area contributed by atoms with Crippen molar-refractivity contribution in [1.29, 1.82) is 0 Å². The van der Waals surface area contributed by atoms with Gasteiger partial charge in [0.2, 0.25) is 0 Å². The molecule has 3 aromatic carbocycles. The van der Waals surface area contributed by atoms with Crippen LogP contribution in [0.3, 0.4) is 0 Å². The van der Waals surface area contributed by atoms with Gasteiger partial charge in [-0.1, -0.05) is 117 Å². The van der Waals surface area contributed by atoms with Gasteiger partial charge in [-0.2, -0.15) is 11.6 Å². The van der Waals surface area contributed by atoms with Crippen LogP contribution in [0.2, 0.25) is 0 Å². The number of hydrogen-bond donors (Lipinski definition) is 0. The van der Waals surface area contributed by atoms with Crippen LogP contribution in [-0.4, -0.2) is 0 Å². The molecule has 0 heterocycles. The van der Waals surface area contributed by atoms with Crippen LogP contribution in [0.4, 0.5) is 0 Å². The van der Waals surface area contributed by atoms with Crippen LogP contribution in [0.1, 0.15) is 42.9 Å². The molecular weight excluding hydrogens is 479 g/mol. The Kier molecular flexibility index (Phi) is 13.4. The second-order valence-electron chi connectivity index (χ2n) is 7.11. The molecule has 0 saturated heterocycles. The molecule has 0 bridgehead atoms. The molecule has 0 aliphatic heterocycles. The van der Waals surface area contributed by atoms with Gasteiger partial charge in [0, 0.05) is 5.41 Å². The van der Waals surface area contributed by atoms with Gasteiger partial charge in [-0.25, -0.2) is 5.57 Å². The van der Waals surface area contributed by atoms with Crippen molar-refractivity contribution in [3.05, 3.63) is 131 Å². The number of hydrogen-bond acceptors (Lipinski definition) is 0. The topological polar surface area (TPSA) is 0 Å². The normalized spacial score (nSPS) is 12.2. The van der Waals surface area contributed by atoms with E-state index in [4.69, 9.17) is 0 Å². The van der Waals surface area contributed by atoms with Gasteiger partial charge >= 0.3 is 21.7 Å². The molecule has 0 nitrogen and oxygen atoms in total. The summed E-state index contributed by atoms with van der Waals surface area (Å²) in [5.74, 6) is 0. The van der Waals surface area contributed by atoms with Crippen LogP contribution in [-0.2, 0) is 27.1 Å². The Morgan fingerprint density at radius 1 is 0.677 bits per heavy atom. The molecule has 0 amide bonds. The van der Waals surface area contributed by atoms with Crippen LogP contribution in [0.5, 0.6) is 0 Å². The van der Waals surface area contributed by atoms with E-state index in [1.54, 1.807) is 0 Å². The van der Waals surface area contributed by atoms with E-state index in [2.05, 4.69) is 110 Å². The number of allylic oxidation sites excluding steroid dienone is 4. The van der Waals surface area contributed by atoms with Gasteiger partial charge in [-0.05, 0) is 16.7 Å². The number of halogens is 3. The smallest absolute Gasteiger partial charge is 1.00 e. The first-order valence-electron chi connectivity index (χ1n) is 9.84. The minimum Gasteiger partial charge on any atom is -1.00 e. The van der Waals surface area contributed by atoms with Crippen LogP contribution >= 0.6 is 0 Å². The second kappa shape index (κ2) is 14.0. The third-order valence-corrected chi connectivity index (χ3v) is 5.52. The van der Waals surface area contributed by atoms with Crippen molar-refractivity contribution < 1.29 is 58.9 Å². The van der Waals surface area contributed by atoms with Crippen molar-refractivity contribution in [1.82, 2.24) is 0 Å². The summed E-state index contributed by atoms with van der Waals surface area (Å²) >= 11 is 0. The molecule has 3 aromatic rings. The van der Waals surface area contributed by atoms with Gasteiger partial charge in [0.05, 0.1) is 0 Å². The van der Waals surface area contributed by atoms with Crippen LogP contribution in [0.15, 0.2) is 108 Å². The largest absolute Gasteiger partial charge is 4.00 e. The van der Waals surface area contributed by atoms with Gasteiger partial charge in [0.15, 0.2) is 0 Å². The first-order valence-corrected chi connectivity index (χ1v) is 9.84. The molecule has 31 heavy (non-hydrogen) atoms. The first-order chi connectivity index (χ1) is 13.4. The first kappa shape index (κ1) is 29.7. The van der Waals surface area contributed by atoms with Gasteiger partial charge < -0.3 is 37.2 Å². The van der Waals surface area contributed by atoms with Gasteiger partial charge in [-0.15, -0.1) is 0 Å². The fourth-order valence-corrected chi connectivity index (χ4v) is 4.43. The maximum Gasteiger partial charge on any atom is 4.00 e. The molecular formula is C27H25Cl3Ti. The Balaban J connectivity index is 0.00000225. The number of rotatable bonds is 6. The average Bonchev–Trinajstić information content (AvgIpc) is 3.20. The Labute approximate surface area is 220 Å². The SMILES string of the molecule is CCCC1=C(C(c2ccccc2)(c2ccccc2)c2ccccc2)CC=[C-]1.[Cl-].[Cl-].[Cl-].[Ti+4]. The molecule has 0 aromatic heterocycles. The Hall–Kier alpha value is -1.28. The Bertz CT molecular complexity index is 855. The third kappa shape index (κ3) is 5.75. The second-order valence-corrected chi connectivity index (χ2v) is 7.11. The predicted octanol–water partition coefficient (Wildman–Crippen LogP) is -2.11. The van der Waals surface area contributed by atoms with E-state index in [-0.39, 0.29) is 64.4 Å². The van der Waals surface area contributed by atoms with Crippen LogP contribution < -0.4 is 37.2 Å². The zero-order valence-electron chi connectivity index (χ0n) is 17.5. The molecule has 0 N–H and O–H groups in total.